The van der Waals surface area contributed by atoms with Gasteiger partial charge >= 0.3 is 5.97 Å². The van der Waals surface area contributed by atoms with E-state index in [1.807, 2.05) is 0 Å². The molecule has 136 valence electrons. The van der Waals surface area contributed by atoms with Crippen molar-refractivity contribution < 1.29 is 23.9 Å². The standard InChI is InChI=1S/C17H21FN2O4S/c1-11(16(22)20-8-2-3-12(9-20)17(23)24)25-10-15(21)19-14-6-4-13(18)5-7-14/h4-7,11-12H,2-3,8-10H2,1H3,(H,19,21)(H,23,24)/t11-,12+/m1/s1. The molecule has 25 heavy (non-hydrogen) atoms. The largest absolute Gasteiger partial charge is 0.481 e. The van der Waals surface area contributed by atoms with Crippen LogP contribution in [0.4, 0.5) is 10.1 Å². The normalized spacial score (nSPS) is 18.5. The molecule has 1 aliphatic rings. The predicted molar refractivity (Wildman–Crippen MR) is 93.9 cm³/mol. The molecule has 1 aromatic rings. The number of nitrogens with one attached hydrogen (secondary N) is 1. The summed E-state index contributed by atoms with van der Waals surface area (Å²) in [6, 6.07) is 5.44. The van der Waals surface area contributed by atoms with E-state index in [2.05, 4.69) is 5.32 Å². The van der Waals surface area contributed by atoms with Crippen LogP contribution in [0.1, 0.15) is 19.8 Å². The van der Waals surface area contributed by atoms with Crippen LogP contribution in [0.2, 0.25) is 0 Å². The quantitative estimate of drug-likeness (QED) is 0.804. The van der Waals surface area contributed by atoms with Gasteiger partial charge in [0.2, 0.25) is 11.8 Å². The summed E-state index contributed by atoms with van der Waals surface area (Å²) in [6.07, 6.45) is 1.26. The molecule has 0 radical (unpaired) electrons. The third kappa shape index (κ3) is 5.74. The fourth-order valence-corrected chi connectivity index (χ4v) is 3.40. The van der Waals surface area contributed by atoms with Crippen molar-refractivity contribution in [1.82, 2.24) is 4.90 Å². The van der Waals surface area contributed by atoms with Gasteiger partial charge in [-0.25, -0.2) is 4.39 Å². The van der Waals surface area contributed by atoms with E-state index >= 15 is 0 Å². The fourth-order valence-electron chi connectivity index (χ4n) is 2.64. The second kappa shape index (κ2) is 8.84. The highest BCUT2D eigenvalue weighted by molar-refractivity contribution is 8.01. The van der Waals surface area contributed by atoms with Crippen molar-refractivity contribution in [2.75, 3.05) is 24.2 Å². The minimum Gasteiger partial charge on any atom is -0.481 e. The van der Waals surface area contributed by atoms with Crippen molar-refractivity contribution in [2.24, 2.45) is 5.92 Å². The topological polar surface area (TPSA) is 86.7 Å². The number of nitrogens with zero attached hydrogens (tertiary/aromatic N) is 1. The SMILES string of the molecule is C[C@@H](SCC(=O)Nc1ccc(F)cc1)C(=O)N1CCC[C@H](C(=O)O)C1. The van der Waals surface area contributed by atoms with Crippen molar-refractivity contribution in [1.29, 1.82) is 0 Å². The summed E-state index contributed by atoms with van der Waals surface area (Å²) in [4.78, 5) is 37.0. The number of benzene rings is 1. The molecular formula is C17H21FN2O4S. The van der Waals surface area contributed by atoms with Gasteiger partial charge in [-0.15, -0.1) is 11.8 Å². The Hall–Kier alpha value is -2.09. The average molecular weight is 368 g/mol. The Kier molecular flexibility index (Phi) is 6.81. The molecule has 0 bridgehead atoms. The van der Waals surface area contributed by atoms with Crippen molar-refractivity contribution in [3.63, 3.8) is 0 Å². The number of hydrogen-bond donors (Lipinski definition) is 2. The maximum Gasteiger partial charge on any atom is 0.308 e. The van der Waals surface area contributed by atoms with Crippen LogP contribution in [-0.2, 0) is 14.4 Å². The highest BCUT2D eigenvalue weighted by Crippen LogP contribution is 2.21. The molecule has 8 heteroatoms. The van der Waals surface area contributed by atoms with Crippen molar-refractivity contribution in [2.45, 2.75) is 25.0 Å². The summed E-state index contributed by atoms with van der Waals surface area (Å²) in [6.45, 7) is 2.48. The van der Waals surface area contributed by atoms with Crippen LogP contribution in [0.5, 0.6) is 0 Å². The van der Waals surface area contributed by atoms with E-state index in [1.54, 1.807) is 11.8 Å². The zero-order valence-corrected chi connectivity index (χ0v) is 14.7. The number of likely N-dealkylation sites (tertiary alicyclic amines) is 1. The lowest BCUT2D eigenvalue weighted by atomic mass is 9.98. The predicted octanol–water partition coefficient (Wildman–Crippen LogP) is 2.21. The first-order chi connectivity index (χ1) is 11.9. The molecule has 0 saturated carbocycles. The Morgan fingerprint density at radius 2 is 2.04 bits per heavy atom. The van der Waals surface area contributed by atoms with Crippen LogP contribution in [0, 0.1) is 11.7 Å². The lowest BCUT2D eigenvalue weighted by molar-refractivity contribution is -0.145. The molecule has 2 N–H and O–H groups in total. The summed E-state index contributed by atoms with van der Waals surface area (Å²) in [5.41, 5.74) is 0.492. The van der Waals surface area contributed by atoms with Gasteiger partial charge in [-0.1, -0.05) is 0 Å². The minimum absolute atomic E-state index is 0.0838. The molecule has 1 heterocycles. The summed E-state index contributed by atoms with van der Waals surface area (Å²) in [7, 11) is 0. The highest BCUT2D eigenvalue weighted by atomic mass is 32.2. The number of halogens is 1. The van der Waals surface area contributed by atoms with Gasteiger partial charge in [-0.3, -0.25) is 14.4 Å². The molecule has 0 unspecified atom stereocenters. The monoisotopic (exact) mass is 368 g/mol. The maximum absolute atomic E-state index is 12.8. The van der Waals surface area contributed by atoms with Gasteiger partial charge in [-0.05, 0) is 44.0 Å². The lowest BCUT2D eigenvalue weighted by Crippen LogP contribution is -2.45. The van der Waals surface area contributed by atoms with E-state index in [4.69, 9.17) is 5.11 Å². The Balaban J connectivity index is 1.79. The number of carboxylic acid groups (broad SMARTS) is 1. The molecule has 6 nitrogen and oxygen atoms in total. The zero-order chi connectivity index (χ0) is 18.4. The first kappa shape index (κ1) is 19.2. The van der Waals surface area contributed by atoms with E-state index in [9.17, 15) is 18.8 Å². The number of carbonyl (C=O) groups excluding carboxylic acids is 2. The van der Waals surface area contributed by atoms with Crippen molar-refractivity contribution in [3.05, 3.63) is 30.1 Å². The molecule has 2 amide bonds. The Bertz CT molecular complexity index is 638. The molecule has 0 spiro atoms. The number of hydrogen-bond acceptors (Lipinski definition) is 4. The van der Waals surface area contributed by atoms with Crippen molar-refractivity contribution in [3.8, 4) is 0 Å². The van der Waals surface area contributed by atoms with Crippen LogP contribution in [0.15, 0.2) is 24.3 Å². The number of anilines is 1. The second-order valence-electron chi connectivity index (χ2n) is 5.97. The fraction of sp³-hybridized carbons (Fsp3) is 0.471. The minimum atomic E-state index is -0.878. The number of thioether (sulfide) groups is 1. The zero-order valence-electron chi connectivity index (χ0n) is 13.9. The van der Waals surface area contributed by atoms with E-state index in [1.165, 1.54) is 36.0 Å². The molecule has 1 fully saturated rings. The molecule has 1 aromatic carbocycles. The van der Waals surface area contributed by atoms with E-state index < -0.39 is 17.1 Å². The molecule has 2 atom stereocenters. The first-order valence-corrected chi connectivity index (χ1v) is 9.10. The Morgan fingerprint density at radius 1 is 1.36 bits per heavy atom. The number of carbonyl (C=O) groups is 3. The smallest absolute Gasteiger partial charge is 0.308 e. The van der Waals surface area contributed by atoms with Gasteiger partial charge in [0.05, 0.1) is 16.9 Å². The van der Waals surface area contributed by atoms with E-state index in [0.717, 1.165) is 0 Å². The van der Waals surface area contributed by atoms with Crippen LogP contribution in [0.25, 0.3) is 0 Å². The molecule has 0 aromatic heterocycles. The van der Waals surface area contributed by atoms with Gasteiger partial charge in [0.1, 0.15) is 5.82 Å². The molecule has 1 aliphatic heterocycles. The molecule has 2 rings (SSSR count). The summed E-state index contributed by atoms with van der Waals surface area (Å²) in [5, 5.41) is 11.3. The first-order valence-electron chi connectivity index (χ1n) is 8.05. The molecular weight excluding hydrogens is 347 g/mol. The van der Waals surface area contributed by atoms with Gasteiger partial charge in [0.25, 0.3) is 0 Å². The lowest BCUT2D eigenvalue weighted by Gasteiger charge is -2.32. The van der Waals surface area contributed by atoms with Crippen LogP contribution < -0.4 is 5.32 Å². The summed E-state index contributed by atoms with van der Waals surface area (Å²) < 4.78 is 12.8. The summed E-state index contributed by atoms with van der Waals surface area (Å²) in [5.74, 6) is -2.12. The van der Waals surface area contributed by atoms with Crippen LogP contribution in [0.3, 0.4) is 0 Å². The highest BCUT2D eigenvalue weighted by Gasteiger charge is 2.30. The third-order valence-electron chi connectivity index (χ3n) is 4.02. The average Bonchev–Trinajstić information content (AvgIpc) is 2.61. The number of carboxylic acids is 1. The second-order valence-corrected chi connectivity index (χ2v) is 7.30. The third-order valence-corrected chi connectivity index (χ3v) is 5.15. The van der Waals surface area contributed by atoms with Gasteiger partial charge in [0.15, 0.2) is 0 Å². The summed E-state index contributed by atoms with van der Waals surface area (Å²) >= 11 is 1.19. The molecule has 1 saturated heterocycles. The Morgan fingerprint density at radius 3 is 2.68 bits per heavy atom. The van der Waals surface area contributed by atoms with Gasteiger partial charge in [-0.2, -0.15) is 0 Å². The number of amides is 2. The molecule has 0 aliphatic carbocycles. The maximum atomic E-state index is 12.8. The van der Waals surface area contributed by atoms with E-state index in [-0.39, 0.29) is 29.9 Å². The Labute approximate surface area is 149 Å². The van der Waals surface area contributed by atoms with Crippen LogP contribution in [-0.4, -0.2) is 51.9 Å². The van der Waals surface area contributed by atoms with Crippen LogP contribution >= 0.6 is 11.8 Å². The number of piperidine rings is 1. The number of aliphatic carboxylic acids is 1. The van der Waals surface area contributed by atoms with Crippen molar-refractivity contribution >= 4 is 35.2 Å². The van der Waals surface area contributed by atoms with Gasteiger partial charge in [0, 0.05) is 18.8 Å². The van der Waals surface area contributed by atoms with E-state index in [0.29, 0.717) is 25.1 Å². The van der Waals surface area contributed by atoms with Gasteiger partial charge < -0.3 is 15.3 Å². The number of rotatable bonds is 6.